The molecule has 19 heavy (non-hydrogen) atoms. The first-order valence-corrected chi connectivity index (χ1v) is 7.13. The summed E-state index contributed by atoms with van der Waals surface area (Å²) in [6.45, 7) is 3.03. The first-order valence-electron chi connectivity index (χ1n) is 7.13. The molecule has 3 heteroatoms. The molecule has 0 spiro atoms. The molecule has 0 aliphatic carbocycles. The predicted octanol–water partition coefficient (Wildman–Crippen LogP) is 3.63. The highest BCUT2D eigenvalue weighted by Gasteiger charge is 2.24. The second kappa shape index (κ2) is 5.08. The molecule has 100 valence electrons. The van der Waals surface area contributed by atoms with Crippen LogP contribution < -0.4 is 0 Å². The average molecular weight is 256 g/mol. The Kier molecular flexibility index (Phi) is 3.28. The van der Waals surface area contributed by atoms with Gasteiger partial charge in [0.25, 0.3) is 0 Å². The molecule has 0 bridgehead atoms. The number of rotatable bonds is 2. The quantitative estimate of drug-likeness (QED) is 0.875. The average Bonchev–Trinajstić information content (AvgIpc) is 2.74. The smallest absolute Gasteiger partial charge is 0.223 e. The molecule has 1 saturated heterocycles. The zero-order valence-electron chi connectivity index (χ0n) is 11.4. The zero-order valence-corrected chi connectivity index (χ0v) is 11.4. The summed E-state index contributed by atoms with van der Waals surface area (Å²) in [6.07, 6.45) is 6.08. The number of benzene rings is 1. The number of carbonyl (C=O) groups excluding carboxylic acids is 1. The van der Waals surface area contributed by atoms with Crippen molar-refractivity contribution in [1.29, 1.82) is 0 Å². The molecular formula is C16H20N2O. The lowest BCUT2D eigenvalue weighted by Crippen LogP contribution is -2.32. The van der Waals surface area contributed by atoms with Crippen molar-refractivity contribution in [2.45, 2.75) is 38.6 Å². The van der Waals surface area contributed by atoms with Gasteiger partial charge in [-0.1, -0.05) is 24.6 Å². The number of likely N-dealkylation sites (tertiary alicyclic amines) is 1. The lowest BCUT2D eigenvalue weighted by Gasteiger charge is -2.28. The van der Waals surface area contributed by atoms with Gasteiger partial charge in [0.2, 0.25) is 5.91 Å². The van der Waals surface area contributed by atoms with Crippen molar-refractivity contribution >= 4 is 16.8 Å². The van der Waals surface area contributed by atoms with Crippen molar-refractivity contribution in [2.75, 3.05) is 6.54 Å². The van der Waals surface area contributed by atoms with Crippen molar-refractivity contribution in [1.82, 2.24) is 9.88 Å². The number of hydrogen-bond donors (Lipinski definition) is 1. The van der Waals surface area contributed by atoms with E-state index >= 15 is 0 Å². The fourth-order valence-electron chi connectivity index (χ4n) is 3.02. The fraction of sp³-hybridized carbons (Fsp3) is 0.438. The molecule has 0 radical (unpaired) electrons. The van der Waals surface area contributed by atoms with Gasteiger partial charge in [-0.2, -0.15) is 0 Å². The topological polar surface area (TPSA) is 36.1 Å². The lowest BCUT2D eigenvalue weighted by atomic mass is 10.1. The van der Waals surface area contributed by atoms with E-state index in [1.54, 1.807) is 0 Å². The third kappa shape index (κ3) is 2.25. The summed E-state index contributed by atoms with van der Waals surface area (Å²) in [5, 5.41) is 1.23. The highest BCUT2D eigenvalue weighted by atomic mass is 16.2. The van der Waals surface area contributed by atoms with E-state index in [0.29, 0.717) is 12.3 Å². The molecule has 1 aromatic carbocycles. The van der Waals surface area contributed by atoms with Crippen LogP contribution in [0.25, 0.3) is 10.9 Å². The summed E-state index contributed by atoms with van der Waals surface area (Å²) < 4.78 is 0. The second-order valence-corrected chi connectivity index (χ2v) is 5.36. The minimum Gasteiger partial charge on any atom is -0.361 e. The van der Waals surface area contributed by atoms with E-state index in [1.165, 1.54) is 17.4 Å². The van der Waals surface area contributed by atoms with Crippen LogP contribution in [0.2, 0.25) is 0 Å². The third-order valence-corrected chi connectivity index (χ3v) is 4.15. The van der Waals surface area contributed by atoms with Crippen molar-refractivity contribution in [3.05, 3.63) is 36.0 Å². The number of amides is 1. The van der Waals surface area contributed by atoms with Crippen LogP contribution >= 0.6 is 0 Å². The molecule has 2 aromatic rings. The lowest BCUT2D eigenvalue weighted by molar-refractivity contribution is -0.132. The first-order chi connectivity index (χ1) is 9.27. The fourth-order valence-corrected chi connectivity index (χ4v) is 3.02. The van der Waals surface area contributed by atoms with Crippen molar-refractivity contribution in [3.8, 4) is 0 Å². The van der Waals surface area contributed by atoms with E-state index in [-0.39, 0.29) is 6.04 Å². The van der Waals surface area contributed by atoms with Gasteiger partial charge in [-0.3, -0.25) is 4.79 Å². The van der Waals surface area contributed by atoms with Gasteiger partial charge < -0.3 is 9.88 Å². The van der Waals surface area contributed by atoms with Crippen LogP contribution in [0.5, 0.6) is 0 Å². The molecular weight excluding hydrogens is 236 g/mol. The number of para-hydroxylation sites is 1. The standard InChI is InChI=1S/C16H20N2O/c1-12(18-10-6-2-3-9-16(18)19)14-11-17-15-8-5-4-7-13(14)15/h4-5,7-8,11-12,17H,2-3,6,9-10H2,1H3. The number of aromatic nitrogens is 1. The molecule has 1 unspecified atom stereocenters. The normalized spacial score (nSPS) is 18.6. The summed E-state index contributed by atoms with van der Waals surface area (Å²) in [4.78, 5) is 17.5. The molecule has 3 rings (SSSR count). The van der Waals surface area contributed by atoms with Crippen LogP contribution in [0, 0.1) is 0 Å². The summed E-state index contributed by atoms with van der Waals surface area (Å²) >= 11 is 0. The number of H-pyrrole nitrogens is 1. The maximum Gasteiger partial charge on any atom is 0.223 e. The highest BCUT2D eigenvalue weighted by Crippen LogP contribution is 2.29. The van der Waals surface area contributed by atoms with E-state index in [9.17, 15) is 4.79 Å². The summed E-state index contributed by atoms with van der Waals surface area (Å²) in [5.41, 5.74) is 2.37. The van der Waals surface area contributed by atoms with E-state index in [1.807, 2.05) is 17.2 Å². The van der Waals surface area contributed by atoms with E-state index in [0.717, 1.165) is 24.9 Å². The van der Waals surface area contributed by atoms with Crippen LogP contribution in [-0.4, -0.2) is 22.3 Å². The van der Waals surface area contributed by atoms with Crippen LogP contribution in [0.4, 0.5) is 0 Å². The Morgan fingerprint density at radius 1 is 1.21 bits per heavy atom. The highest BCUT2D eigenvalue weighted by molar-refractivity contribution is 5.84. The van der Waals surface area contributed by atoms with Crippen molar-refractivity contribution in [2.24, 2.45) is 0 Å². The zero-order chi connectivity index (χ0) is 13.2. The Balaban J connectivity index is 1.94. The van der Waals surface area contributed by atoms with Gasteiger partial charge in [0.05, 0.1) is 6.04 Å². The Hall–Kier alpha value is -1.77. The molecule has 1 aliphatic heterocycles. The van der Waals surface area contributed by atoms with Gasteiger partial charge in [0.1, 0.15) is 0 Å². The molecule has 1 amide bonds. The molecule has 3 nitrogen and oxygen atoms in total. The second-order valence-electron chi connectivity index (χ2n) is 5.36. The summed E-state index contributed by atoms with van der Waals surface area (Å²) in [5.74, 6) is 0.301. The largest absolute Gasteiger partial charge is 0.361 e. The number of nitrogens with zero attached hydrogens (tertiary/aromatic N) is 1. The Morgan fingerprint density at radius 3 is 2.95 bits per heavy atom. The molecule has 1 aromatic heterocycles. The Morgan fingerprint density at radius 2 is 2.05 bits per heavy atom. The monoisotopic (exact) mass is 256 g/mol. The van der Waals surface area contributed by atoms with Gasteiger partial charge in [0, 0.05) is 30.1 Å². The van der Waals surface area contributed by atoms with Crippen molar-refractivity contribution < 1.29 is 4.79 Å². The predicted molar refractivity (Wildman–Crippen MR) is 76.9 cm³/mol. The van der Waals surface area contributed by atoms with Gasteiger partial charge in [-0.15, -0.1) is 0 Å². The molecule has 1 atom stereocenters. The summed E-state index contributed by atoms with van der Waals surface area (Å²) in [7, 11) is 0. The van der Waals surface area contributed by atoms with Gasteiger partial charge in [0.15, 0.2) is 0 Å². The molecule has 1 N–H and O–H groups in total. The van der Waals surface area contributed by atoms with E-state index < -0.39 is 0 Å². The maximum absolute atomic E-state index is 12.2. The Bertz CT molecular complexity index is 587. The molecule has 0 saturated carbocycles. The van der Waals surface area contributed by atoms with Gasteiger partial charge in [-0.25, -0.2) is 0 Å². The van der Waals surface area contributed by atoms with Crippen LogP contribution in [0.15, 0.2) is 30.5 Å². The van der Waals surface area contributed by atoms with E-state index in [2.05, 4.69) is 30.1 Å². The number of nitrogens with one attached hydrogen (secondary N) is 1. The van der Waals surface area contributed by atoms with Crippen molar-refractivity contribution in [3.63, 3.8) is 0 Å². The number of aromatic amines is 1. The minimum atomic E-state index is 0.154. The van der Waals surface area contributed by atoms with Crippen LogP contribution in [0.1, 0.15) is 44.2 Å². The first kappa shape index (κ1) is 12.3. The van der Waals surface area contributed by atoms with Gasteiger partial charge in [-0.05, 0) is 31.4 Å². The Labute approximate surface area is 113 Å². The number of hydrogen-bond acceptors (Lipinski definition) is 1. The SMILES string of the molecule is CC(c1c[nH]c2ccccc12)N1CCCCCC1=O. The number of fused-ring (bicyclic) bond motifs is 1. The van der Waals surface area contributed by atoms with Crippen LogP contribution in [0.3, 0.4) is 0 Å². The molecule has 2 heterocycles. The maximum atomic E-state index is 12.2. The summed E-state index contributed by atoms with van der Waals surface area (Å²) in [6, 6.07) is 8.44. The number of carbonyl (C=O) groups is 1. The molecule has 1 aliphatic rings. The van der Waals surface area contributed by atoms with Crippen LogP contribution in [-0.2, 0) is 4.79 Å². The van der Waals surface area contributed by atoms with E-state index in [4.69, 9.17) is 0 Å². The molecule has 1 fully saturated rings. The van der Waals surface area contributed by atoms with Gasteiger partial charge >= 0.3 is 0 Å². The third-order valence-electron chi connectivity index (χ3n) is 4.15. The minimum absolute atomic E-state index is 0.154.